The zero-order valence-corrected chi connectivity index (χ0v) is 28.7. The van der Waals surface area contributed by atoms with Gasteiger partial charge in [-0.05, 0) is 87.8 Å². The molecule has 4 bridgehead atoms. The predicted octanol–water partition coefficient (Wildman–Crippen LogP) is 7.58. The molecule has 0 aromatic heterocycles. The fourth-order valence-electron chi connectivity index (χ4n) is 10.8. The van der Waals surface area contributed by atoms with Crippen LogP contribution in [0, 0.1) is 22.7 Å². The normalized spacial score (nSPS) is 35.8. The second kappa shape index (κ2) is 11.1. The van der Waals surface area contributed by atoms with Crippen LogP contribution >= 0.6 is 0 Å². The first-order valence-electron chi connectivity index (χ1n) is 18.1. The largest absolute Gasteiger partial charge is 0.513 e. The van der Waals surface area contributed by atoms with Gasteiger partial charge in [-0.3, -0.25) is 4.90 Å². The quantitative estimate of drug-likeness (QED) is 0.146. The molecular formula is C38H57NO6. The van der Waals surface area contributed by atoms with Crippen LogP contribution in [0.1, 0.15) is 123 Å². The Morgan fingerprint density at radius 2 is 1.82 bits per heavy atom. The molecule has 5 fully saturated rings. The van der Waals surface area contributed by atoms with Gasteiger partial charge in [0.25, 0.3) is 0 Å². The number of ether oxygens (including phenoxy) is 4. The Hall–Kier alpha value is -1.83. The van der Waals surface area contributed by atoms with Gasteiger partial charge in [0.1, 0.15) is 11.7 Å². The lowest BCUT2D eigenvalue weighted by Crippen LogP contribution is -2.83. The first kappa shape index (κ1) is 31.8. The highest BCUT2D eigenvalue weighted by Crippen LogP contribution is 2.78. The molecule has 0 amide bonds. The van der Waals surface area contributed by atoms with E-state index >= 15 is 0 Å². The van der Waals surface area contributed by atoms with Crippen molar-refractivity contribution in [2.45, 2.75) is 147 Å². The van der Waals surface area contributed by atoms with E-state index in [0.717, 1.165) is 57.4 Å². The summed E-state index contributed by atoms with van der Waals surface area (Å²) in [7, 11) is 1.83. The number of rotatable bonds is 12. The highest BCUT2D eigenvalue weighted by atomic mass is 16.7. The lowest BCUT2D eigenvalue weighted by Gasteiger charge is -2.75. The number of carbonyl (C=O) groups is 1. The third-order valence-corrected chi connectivity index (χ3v) is 13.8. The molecule has 1 aromatic carbocycles. The van der Waals surface area contributed by atoms with E-state index in [4.69, 9.17) is 18.9 Å². The molecule has 45 heavy (non-hydrogen) atoms. The molecule has 7 nitrogen and oxygen atoms in total. The molecule has 7 heteroatoms. The van der Waals surface area contributed by atoms with E-state index < -0.39 is 17.4 Å². The second-order valence-electron chi connectivity index (χ2n) is 16.7. The SMILES string of the molecule is CCCCCCCCOC(=O)Oc1ccc2c3c1O[C@H]1[C@@]4(OC)CC[C@@]5(C[C@@H]4[C@](C)(O)C(C)(C)C)[C@@H](C2)N(CC2CC2)CC[C@]315. The Kier molecular flexibility index (Phi) is 7.85. The van der Waals surface area contributed by atoms with E-state index in [1.165, 1.54) is 56.2 Å². The summed E-state index contributed by atoms with van der Waals surface area (Å²) in [4.78, 5) is 15.8. The topological polar surface area (TPSA) is 77.5 Å². The van der Waals surface area contributed by atoms with Gasteiger partial charge in [-0.15, -0.1) is 0 Å². The minimum atomic E-state index is -0.967. The molecule has 0 radical (unpaired) electrons. The van der Waals surface area contributed by atoms with Crippen LogP contribution in [0.4, 0.5) is 4.79 Å². The van der Waals surface area contributed by atoms with Crippen LogP contribution in [-0.2, 0) is 21.3 Å². The molecular weight excluding hydrogens is 566 g/mol. The van der Waals surface area contributed by atoms with Crippen molar-refractivity contribution < 1.29 is 28.8 Å². The van der Waals surface area contributed by atoms with Crippen molar-refractivity contribution in [3.63, 3.8) is 0 Å². The Labute approximate surface area is 270 Å². The van der Waals surface area contributed by atoms with Crippen molar-refractivity contribution in [2.24, 2.45) is 22.7 Å². The lowest BCUT2D eigenvalue weighted by molar-refractivity contribution is -0.312. The Balaban J connectivity index is 1.24. The van der Waals surface area contributed by atoms with Crippen LogP contribution in [0.2, 0.25) is 0 Å². The number of fused-ring (bicyclic) bond motifs is 2. The zero-order chi connectivity index (χ0) is 31.8. The molecule has 7 aliphatic rings. The highest BCUT2D eigenvalue weighted by molar-refractivity contribution is 5.70. The van der Waals surface area contributed by atoms with E-state index in [0.29, 0.717) is 24.1 Å². The summed E-state index contributed by atoms with van der Waals surface area (Å²) in [5, 5.41) is 12.4. The average molecular weight is 624 g/mol. The fraction of sp³-hybridized carbons (Fsp3) is 0.816. The molecule has 2 aliphatic heterocycles. The van der Waals surface area contributed by atoms with Gasteiger partial charge >= 0.3 is 6.16 Å². The van der Waals surface area contributed by atoms with Gasteiger partial charge in [0, 0.05) is 42.0 Å². The zero-order valence-electron chi connectivity index (χ0n) is 28.7. The standard InChI is InChI=1S/C38H57NO6/c1-7-8-9-10-11-12-21-43-33(40)44-27-16-15-26-22-29-36-17-18-38(42-6,28(23-36)35(5,41)34(2,3)4)32-37(36,30(26)31(27)45-32)19-20-39(29)24-25-13-14-25/h15-16,25,28-29,32,41H,7-14,17-24H2,1-6H3/t28-,29-,32-,35+,36-,37+,38-/m1/s1. The molecule has 2 heterocycles. The van der Waals surface area contributed by atoms with Gasteiger partial charge in [0.15, 0.2) is 11.5 Å². The van der Waals surface area contributed by atoms with Crippen molar-refractivity contribution in [1.29, 1.82) is 0 Å². The van der Waals surface area contributed by atoms with Gasteiger partial charge in [0.2, 0.25) is 0 Å². The number of piperidine rings is 1. The number of hydrogen-bond acceptors (Lipinski definition) is 7. The lowest BCUT2D eigenvalue weighted by atomic mass is 9.33. The molecule has 1 saturated heterocycles. The van der Waals surface area contributed by atoms with Crippen molar-refractivity contribution in [1.82, 2.24) is 4.90 Å². The van der Waals surface area contributed by atoms with Crippen molar-refractivity contribution in [3.05, 3.63) is 23.3 Å². The van der Waals surface area contributed by atoms with E-state index in [1.54, 1.807) is 0 Å². The summed E-state index contributed by atoms with van der Waals surface area (Å²) in [6, 6.07) is 4.52. The summed E-state index contributed by atoms with van der Waals surface area (Å²) in [6.45, 7) is 13.3. The van der Waals surface area contributed by atoms with Crippen molar-refractivity contribution in [3.8, 4) is 11.5 Å². The van der Waals surface area contributed by atoms with E-state index in [-0.39, 0.29) is 28.3 Å². The first-order chi connectivity index (χ1) is 21.4. The van der Waals surface area contributed by atoms with Crippen molar-refractivity contribution in [2.75, 3.05) is 26.8 Å². The van der Waals surface area contributed by atoms with Gasteiger partial charge < -0.3 is 24.1 Å². The molecule has 5 aliphatic carbocycles. The molecule has 1 aromatic rings. The van der Waals surface area contributed by atoms with Crippen molar-refractivity contribution >= 4 is 6.16 Å². The molecule has 4 saturated carbocycles. The number of methoxy groups -OCH3 is 1. The predicted molar refractivity (Wildman–Crippen MR) is 174 cm³/mol. The first-order valence-corrected chi connectivity index (χ1v) is 18.1. The number of likely N-dealkylation sites (tertiary alicyclic amines) is 1. The number of nitrogens with zero attached hydrogens (tertiary/aromatic N) is 1. The maximum Gasteiger partial charge on any atom is 0.513 e. The monoisotopic (exact) mass is 623 g/mol. The van der Waals surface area contributed by atoms with Gasteiger partial charge in [-0.25, -0.2) is 4.79 Å². The maximum atomic E-state index is 13.0. The van der Waals surface area contributed by atoms with E-state index in [9.17, 15) is 9.90 Å². The molecule has 0 unspecified atom stereocenters. The third kappa shape index (κ3) is 4.56. The number of aliphatic hydroxyl groups is 1. The minimum absolute atomic E-state index is 0.0415. The smallest absolute Gasteiger partial charge is 0.482 e. The van der Waals surface area contributed by atoms with Gasteiger partial charge in [0.05, 0.1) is 12.2 Å². The van der Waals surface area contributed by atoms with Crippen LogP contribution in [0.3, 0.4) is 0 Å². The molecule has 1 N–H and O–H groups in total. The summed E-state index contributed by atoms with van der Waals surface area (Å²) < 4.78 is 25.4. The number of unbranched alkanes of at least 4 members (excludes halogenated alkanes) is 5. The van der Waals surface area contributed by atoms with E-state index in [2.05, 4.69) is 38.7 Å². The number of hydrogen-bond donors (Lipinski definition) is 1. The van der Waals surface area contributed by atoms with Gasteiger partial charge in [-0.2, -0.15) is 0 Å². The van der Waals surface area contributed by atoms with Gasteiger partial charge in [-0.1, -0.05) is 65.9 Å². The third-order valence-electron chi connectivity index (χ3n) is 13.8. The molecule has 8 rings (SSSR count). The summed E-state index contributed by atoms with van der Waals surface area (Å²) in [5.41, 5.74) is 0.352. The van der Waals surface area contributed by atoms with Crippen LogP contribution in [-0.4, -0.2) is 66.3 Å². The maximum absolute atomic E-state index is 13.0. The van der Waals surface area contributed by atoms with Crippen LogP contribution in [0.15, 0.2) is 12.1 Å². The summed E-state index contributed by atoms with van der Waals surface area (Å²) >= 11 is 0. The second-order valence-corrected chi connectivity index (χ2v) is 16.7. The Morgan fingerprint density at radius 3 is 2.53 bits per heavy atom. The van der Waals surface area contributed by atoms with Crippen LogP contribution in [0.5, 0.6) is 11.5 Å². The summed E-state index contributed by atoms with van der Waals surface area (Å²) in [5.74, 6) is 1.91. The van der Waals surface area contributed by atoms with E-state index in [1.807, 2.05) is 20.1 Å². The number of carbonyl (C=O) groups excluding carboxylic acids is 1. The van der Waals surface area contributed by atoms with Crippen LogP contribution < -0.4 is 9.47 Å². The highest BCUT2D eigenvalue weighted by Gasteiger charge is 2.82. The molecule has 250 valence electrons. The molecule has 2 spiro atoms. The minimum Gasteiger partial charge on any atom is -0.482 e. The summed E-state index contributed by atoms with van der Waals surface area (Å²) in [6.07, 6.45) is 13.4. The number of benzene rings is 1. The Bertz CT molecular complexity index is 1300. The Morgan fingerprint density at radius 1 is 1.07 bits per heavy atom. The fourth-order valence-corrected chi connectivity index (χ4v) is 10.8. The average Bonchev–Trinajstić information content (AvgIpc) is 3.75. The van der Waals surface area contributed by atoms with Crippen LogP contribution in [0.25, 0.3) is 0 Å². The molecule has 7 atom stereocenters.